The third kappa shape index (κ3) is 4.40. The van der Waals surface area contributed by atoms with Gasteiger partial charge in [0.2, 0.25) is 0 Å². The number of amides is 1. The van der Waals surface area contributed by atoms with Gasteiger partial charge in [-0.1, -0.05) is 23.2 Å². The van der Waals surface area contributed by atoms with Gasteiger partial charge in [-0.25, -0.2) is 9.78 Å². The number of anilines is 1. The van der Waals surface area contributed by atoms with Crippen LogP contribution in [0.1, 0.15) is 10.5 Å². The minimum atomic E-state index is -0.736. The molecule has 6 nitrogen and oxygen atoms in total. The molecule has 0 unspecified atom stereocenters. The van der Waals surface area contributed by atoms with Crippen LogP contribution in [-0.4, -0.2) is 28.5 Å². The Labute approximate surface area is 130 Å². The zero-order valence-electron chi connectivity index (χ0n) is 10.5. The zero-order valence-corrected chi connectivity index (χ0v) is 12.1. The van der Waals surface area contributed by atoms with Crippen LogP contribution in [0, 0.1) is 0 Å². The van der Waals surface area contributed by atoms with E-state index in [1.54, 1.807) is 12.1 Å². The fourth-order valence-corrected chi connectivity index (χ4v) is 1.84. The van der Waals surface area contributed by atoms with Gasteiger partial charge in [-0.05, 0) is 18.2 Å². The molecule has 0 aliphatic carbocycles. The highest BCUT2D eigenvalue weighted by Crippen LogP contribution is 2.25. The SMILES string of the molecule is O=C(COC(=O)c1cnccn1)Nc1ccc(Cl)cc1Cl. The van der Waals surface area contributed by atoms with Gasteiger partial charge in [0.05, 0.1) is 16.9 Å². The fourth-order valence-electron chi connectivity index (χ4n) is 1.39. The third-order valence-corrected chi connectivity index (χ3v) is 2.86. The summed E-state index contributed by atoms with van der Waals surface area (Å²) in [4.78, 5) is 30.7. The molecule has 0 fully saturated rings. The second-order valence-corrected chi connectivity index (χ2v) is 4.68. The lowest BCUT2D eigenvalue weighted by molar-refractivity contribution is -0.119. The van der Waals surface area contributed by atoms with E-state index in [4.69, 9.17) is 27.9 Å². The third-order valence-electron chi connectivity index (χ3n) is 2.31. The van der Waals surface area contributed by atoms with Gasteiger partial charge in [-0.2, -0.15) is 0 Å². The average molecular weight is 326 g/mol. The summed E-state index contributed by atoms with van der Waals surface area (Å²) >= 11 is 11.7. The number of hydrogen-bond acceptors (Lipinski definition) is 5. The molecule has 0 radical (unpaired) electrons. The van der Waals surface area contributed by atoms with Crippen LogP contribution < -0.4 is 5.32 Å². The monoisotopic (exact) mass is 325 g/mol. The molecule has 1 heterocycles. The number of benzene rings is 1. The molecule has 0 spiro atoms. The molecular weight excluding hydrogens is 317 g/mol. The van der Waals surface area contributed by atoms with Crippen LogP contribution in [0.5, 0.6) is 0 Å². The normalized spacial score (nSPS) is 10.0. The first kappa shape index (κ1) is 15.2. The molecular formula is C13H9Cl2N3O3. The number of rotatable bonds is 4. The van der Waals surface area contributed by atoms with Crippen molar-refractivity contribution >= 4 is 40.8 Å². The van der Waals surface area contributed by atoms with Crippen molar-refractivity contribution in [1.29, 1.82) is 0 Å². The number of hydrogen-bond donors (Lipinski definition) is 1. The van der Waals surface area contributed by atoms with Crippen molar-refractivity contribution in [2.75, 3.05) is 11.9 Å². The van der Waals surface area contributed by atoms with E-state index in [1.807, 2.05) is 0 Å². The summed E-state index contributed by atoms with van der Waals surface area (Å²) in [6.07, 6.45) is 4.02. The van der Waals surface area contributed by atoms with Crippen LogP contribution in [0.25, 0.3) is 0 Å². The predicted octanol–water partition coefficient (Wildman–Crippen LogP) is 2.58. The number of carbonyl (C=O) groups excluding carboxylic acids is 2. The topological polar surface area (TPSA) is 81.2 Å². The van der Waals surface area contributed by atoms with Crippen molar-refractivity contribution in [3.8, 4) is 0 Å². The van der Waals surface area contributed by atoms with E-state index >= 15 is 0 Å². The maximum Gasteiger partial charge on any atom is 0.359 e. The van der Waals surface area contributed by atoms with Crippen molar-refractivity contribution in [2.45, 2.75) is 0 Å². The predicted molar refractivity (Wildman–Crippen MR) is 77.4 cm³/mol. The number of ether oxygens (including phenoxy) is 1. The smallest absolute Gasteiger partial charge is 0.359 e. The standard InChI is InChI=1S/C13H9Cl2N3O3/c14-8-1-2-10(9(15)5-8)18-12(19)7-21-13(20)11-6-16-3-4-17-11/h1-6H,7H2,(H,18,19). The maximum absolute atomic E-state index is 11.7. The minimum Gasteiger partial charge on any atom is -0.451 e. The second kappa shape index (κ2) is 7.01. The summed E-state index contributed by atoms with van der Waals surface area (Å²) in [6.45, 7) is -0.464. The van der Waals surface area contributed by atoms with Gasteiger partial charge in [0.1, 0.15) is 0 Å². The van der Waals surface area contributed by atoms with E-state index < -0.39 is 18.5 Å². The molecule has 0 aliphatic rings. The van der Waals surface area contributed by atoms with Crippen LogP contribution in [0.15, 0.2) is 36.8 Å². The first-order chi connectivity index (χ1) is 10.1. The van der Waals surface area contributed by atoms with Gasteiger partial charge in [0.15, 0.2) is 12.3 Å². The number of esters is 1. The Balaban J connectivity index is 1.89. The van der Waals surface area contributed by atoms with Crippen molar-refractivity contribution in [1.82, 2.24) is 9.97 Å². The van der Waals surface area contributed by atoms with E-state index in [0.717, 1.165) is 0 Å². The van der Waals surface area contributed by atoms with E-state index in [1.165, 1.54) is 24.7 Å². The molecule has 1 N–H and O–H groups in total. The quantitative estimate of drug-likeness (QED) is 0.874. The summed E-state index contributed by atoms with van der Waals surface area (Å²) in [5, 5.41) is 3.24. The summed E-state index contributed by atoms with van der Waals surface area (Å²) in [6, 6.07) is 4.62. The maximum atomic E-state index is 11.7. The van der Waals surface area contributed by atoms with Gasteiger partial charge in [0.25, 0.3) is 5.91 Å². The molecule has 0 aliphatic heterocycles. The summed E-state index contributed by atoms with van der Waals surface area (Å²) in [5.74, 6) is -1.27. The summed E-state index contributed by atoms with van der Waals surface area (Å²) in [7, 11) is 0. The lowest BCUT2D eigenvalue weighted by Crippen LogP contribution is -2.21. The fraction of sp³-hybridized carbons (Fsp3) is 0.0769. The molecule has 1 amide bonds. The van der Waals surface area contributed by atoms with Crippen molar-refractivity contribution in [3.63, 3.8) is 0 Å². The number of nitrogens with zero attached hydrogens (tertiary/aromatic N) is 2. The van der Waals surface area contributed by atoms with Crippen LogP contribution >= 0.6 is 23.2 Å². The highest BCUT2D eigenvalue weighted by molar-refractivity contribution is 6.36. The van der Waals surface area contributed by atoms with Gasteiger partial charge in [-0.15, -0.1) is 0 Å². The van der Waals surface area contributed by atoms with Gasteiger partial charge >= 0.3 is 5.97 Å². The molecule has 8 heteroatoms. The zero-order chi connectivity index (χ0) is 15.2. The summed E-state index contributed by atoms with van der Waals surface area (Å²) in [5.41, 5.74) is 0.399. The van der Waals surface area contributed by atoms with Crippen LogP contribution in [0.4, 0.5) is 5.69 Å². The van der Waals surface area contributed by atoms with E-state index in [9.17, 15) is 9.59 Å². The molecule has 1 aromatic carbocycles. The Morgan fingerprint density at radius 1 is 1.24 bits per heavy atom. The molecule has 1 aromatic heterocycles. The largest absolute Gasteiger partial charge is 0.451 e. The lowest BCUT2D eigenvalue weighted by Gasteiger charge is -2.08. The number of nitrogens with one attached hydrogen (secondary N) is 1. The Bertz CT molecular complexity index is 665. The van der Waals surface area contributed by atoms with Crippen molar-refractivity contribution in [2.24, 2.45) is 0 Å². The van der Waals surface area contributed by atoms with Crippen LogP contribution in [-0.2, 0) is 9.53 Å². The molecule has 21 heavy (non-hydrogen) atoms. The van der Waals surface area contributed by atoms with Crippen molar-refractivity contribution in [3.05, 3.63) is 52.5 Å². The Kier molecular flexibility index (Phi) is 5.08. The summed E-state index contributed by atoms with van der Waals surface area (Å²) < 4.78 is 4.80. The minimum absolute atomic E-state index is 0.0230. The van der Waals surface area contributed by atoms with E-state index in [0.29, 0.717) is 10.7 Å². The number of halogens is 2. The number of aromatic nitrogens is 2. The highest BCUT2D eigenvalue weighted by atomic mass is 35.5. The Hall–Kier alpha value is -2.18. The van der Waals surface area contributed by atoms with Crippen molar-refractivity contribution < 1.29 is 14.3 Å². The Morgan fingerprint density at radius 3 is 2.71 bits per heavy atom. The molecule has 0 bridgehead atoms. The Morgan fingerprint density at radius 2 is 2.05 bits per heavy atom. The first-order valence-corrected chi connectivity index (χ1v) is 6.50. The molecule has 0 saturated carbocycles. The van der Waals surface area contributed by atoms with Gasteiger partial charge in [0, 0.05) is 17.4 Å². The van der Waals surface area contributed by atoms with E-state index in [2.05, 4.69) is 15.3 Å². The van der Waals surface area contributed by atoms with Gasteiger partial charge < -0.3 is 10.1 Å². The first-order valence-electron chi connectivity index (χ1n) is 5.74. The molecule has 108 valence electrons. The molecule has 0 atom stereocenters. The van der Waals surface area contributed by atoms with Crippen LogP contribution in [0.2, 0.25) is 10.0 Å². The lowest BCUT2D eigenvalue weighted by atomic mass is 10.3. The van der Waals surface area contributed by atoms with E-state index in [-0.39, 0.29) is 10.7 Å². The average Bonchev–Trinajstić information content (AvgIpc) is 2.48. The second-order valence-electron chi connectivity index (χ2n) is 3.84. The van der Waals surface area contributed by atoms with Gasteiger partial charge in [-0.3, -0.25) is 9.78 Å². The molecule has 0 saturated heterocycles. The number of carbonyl (C=O) groups is 2. The highest BCUT2D eigenvalue weighted by Gasteiger charge is 2.12. The molecule has 2 aromatic rings. The molecule has 2 rings (SSSR count). The van der Waals surface area contributed by atoms with Crippen LogP contribution in [0.3, 0.4) is 0 Å².